The van der Waals surface area contributed by atoms with Crippen molar-refractivity contribution < 1.29 is 22.0 Å². The third kappa shape index (κ3) is 7.08. The van der Waals surface area contributed by atoms with Crippen LogP contribution in [-0.4, -0.2) is 42.6 Å². The smallest absolute Gasteiger partial charge is 0.353 e. The molecular weight excluding hydrogens is 520 g/mol. The Hall–Kier alpha value is -2.42. The second kappa shape index (κ2) is 12.2. The van der Waals surface area contributed by atoms with Crippen LogP contribution in [0.4, 0.5) is 27.8 Å². The van der Waals surface area contributed by atoms with E-state index in [0.29, 0.717) is 26.2 Å². The summed E-state index contributed by atoms with van der Waals surface area (Å²) in [6, 6.07) is 14.8. The monoisotopic (exact) mass is 545 g/mol. The maximum atomic E-state index is 13.4. The molecule has 3 nitrogen and oxygen atoms in total. The molecule has 36 heavy (non-hydrogen) atoms. The highest BCUT2D eigenvalue weighted by Gasteiger charge is 2.36. The number of hydrogen-bond acceptors (Lipinski definition) is 3. The van der Waals surface area contributed by atoms with E-state index in [1.54, 1.807) is 29.2 Å². The molecule has 194 valence electrons. The van der Waals surface area contributed by atoms with Gasteiger partial charge in [0.1, 0.15) is 22.6 Å². The van der Waals surface area contributed by atoms with Crippen molar-refractivity contribution in [3.63, 3.8) is 0 Å². The number of hydrogen-bond donors (Lipinski definition) is 0. The van der Waals surface area contributed by atoms with Gasteiger partial charge in [0.15, 0.2) is 0 Å². The lowest BCUT2D eigenvalue weighted by Gasteiger charge is -2.36. The second-order valence-electron chi connectivity index (χ2n) is 8.63. The van der Waals surface area contributed by atoms with Crippen molar-refractivity contribution in [2.75, 3.05) is 37.6 Å². The molecule has 3 aromatic rings. The maximum absolute atomic E-state index is 13.4. The number of nitrogens with zero attached hydrogens (tertiary/aromatic N) is 3. The van der Waals surface area contributed by atoms with Crippen LogP contribution >= 0.6 is 24.0 Å². The van der Waals surface area contributed by atoms with Gasteiger partial charge in [-0.05, 0) is 66.9 Å². The molecule has 0 unspecified atom stereocenters. The molecule has 1 aromatic heterocycles. The van der Waals surface area contributed by atoms with Crippen LogP contribution < -0.4 is 4.90 Å². The van der Waals surface area contributed by atoms with E-state index in [1.807, 2.05) is 0 Å². The number of rotatable bonds is 7. The Morgan fingerprint density at radius 2 is 1.33 bits per heavy atom. The molecule has 0 atom stereocenters. The van der Waals surface area contributed by atoms with Gasteiger partial charge < -0.3 is 4.90 Å². The summed E-state index contributed by atoms with van der Waals surface area (Å²) < 4.78 is 67.1. The van der Waals surface area contributed by atoms with Gasteiger partial charge >= 0.3 is 6.18 Å². The van der Waals surface area contributed by atoms with E-state index in [1.165, 1.54) is 24.3 Å². The van der Waals surface area contributed by atoms with E-state index < -0.39 is 11.7 Å². The lowest BCUT2D eigenvalue weighted by Crippen LogP contribution is -2.47. The largest absolute Gasteiger partial charge is 0.419 e. The highest BCUT2D eigenvalue weighted by atomic mass is 35.5. The SMILES string of the molecule is Cl.Fc1ccc(C(CCCN2CCN(c3nc(Cl)ccc3C(F)(F)F)CC2)c2ccc(F)cc2)cc1. The van der Waals surface area contributed by atoms with Crippen LogP contribution in [0.1, 0.15) is 35.4 Å². The molecular formula is C26H26Cl2F5N3. The summed E-state index contributed by atoms with van der Waals surface area (Å²) in [6.07, 6.45) is -2.91. The number of alkyl halides is 3. The van der Waals surface area contributed by atoms with Gasteiger partial charge in [0.2, 0.25) is 0 Å². The molecule has 1 aliphatic rings. The van der Waals surface area contributed by atoms with Crippen LogP contribution in [0.2, 0.25) is 5.15 Å². The Morgan fingerprint density at radius 1 is 0.806 bits per heavy atom. The number of pyridine rings is 1. The molecule has 4 rings (SSSR count). The van der Waals surface area contributed by atoms with E-state index in [-0.39, 0.29) is 40.9 Å². The van der Waals surface area contributed by atoms with Crippen LogP contribution in [0.15, 0.2) is 60.7 Å². The predicted octanol–water partition coefficient (Wildman–Crippen LogP) is 7.19. The van der Waals surface area contributed by atoms with Gasteiger partial charge in [0.25, 0.3) is 0 Å². The van der Waals surface area contributed by atoms with Crippen molar-refractivity contribution >= 4 is 29.8 Å². The van der Waals surface area contributed by atoms with E-state index in [0.717, 1.165) is 42.6 Å². The van der Waals surface area contributed by atoms with Crippen molar-refractivity contribution in [2.24, 2.45) is 0 Å². The molecule has 0 saturated carbocycles. The molecule has 0 amide bonds. The van der Waals surface area contributed by atoms with Crippen molar-refractivity contribution in [1.82, 2.24) is 9.88 Å². The molecule has 0 bridgehead atoms. The number of piperazine rings is 1. The summed E-state index contributed by atoms with van der Waals surface area (Å²) in [5, 5.41) is 0.0306. The van der Waals surface area contributed by atoms with Gasteiger partial charge in [-0.2, -0.15) is 13.2 Å². The first-order chi connectivity index (χ1) is 16.7. The molecule has 2 heterocycles. The van der Waals surface area contributed by atoms with Crippen LogP contribution in [0, 0.1) is 11.6 Å². The van der Waals surface area contributed by atoms with Gasteiger partial charge in [0.05, 0.1) is 5.56 Å². The number of aromatic nitrogens is 1. The average Bonchev–Trinajstić information content (AvgIpc) is 2.83. The molecule has 1 fully saturated rings. The Labute approximate surface area is 218 Å². The van der Waals surface area contributed by atoms with E-state index in [9.17, 15) is 22.0 Å². The lowest BCUT2D eigenvalue weighted by molar-refractivity contribution is -0.137. The summed E-state index contributed by atoms with van der Waals surface area (Å²) in [5.41, 5.74) is 1.13. The number of halogens is 7. The van der Waals surface area contributed by atoms with Gasteiger partial charge in [-0.25, -0.2) is 13.8 Å². The number of benzene rings is 2. The minimum atomic E-state index is -4.50. The third-order valence-electron chi connectivity index (χ3n) is 6.33. The highest BCUT2D eigenvalue weighted by molar-refractivity contribution is 6.29. The zero-order valence-corrected chi connectivity index (χ0v) is 20.9. The molecule has 0 N–H and O–H groups in total. The van der Waals surface area contributed by atoms with Crippen LogP contribution in [0.25, 0.3) is 0 Å². The fourth-order valence-electron chi connectivity index (χ4n) is 4.51. The van der Waals surface area contributed by atoms with Crippen LogP contribution in [0.3, 0.4) is 0 Å². The summed E-state index contributed by atoms with van der Waals surface area (Å²) in [4.78, 5) is 7.79. The van der Waals surface area contributed by atoms with Crippen molar-refractivity contribution in [3.8, 4) is 0 Å². The minimum absolute atomic E-state index is 0. The van der Waals surface area contributed by atoms with Crippen molar-refractivity contribution in [2.45, 2.75) is 24.9 Å². The van der Waals surface area contributed by atoms with Gasteiger partial charge in [-0.3, -0.25) is 4.90 Å². The minimum Gasteiger partial charge on any atom is -0.353 e. The molecule has 10 heteroatoms. The Bertz CT molecular complexity index is 1070. The zero-order valence-electron chi connectivity index (χ0n) is 19.3. The van der Waals surface area contributed by atoms with Gasteiger partial charge in [0, 0.05) is 32.1 Å². The fraction of sp³-hybridized carbons (Fsp3) is 0.346. The van der Waals surface area contributed by atoms with E-state index in [4.69, 9.17) is 11.6 Å². The fourth-order valence-corrected chi connectivity index (χ4v) is 4.65. The Balaban J connectivity index is 0.00000361. The van der Waals surface area contributed by atoms with Crippen molar-refractivity contribution in [3.05, 3.63) is 94.1 Å². The maximum Gasteiger partial charge on any atom is 0.419 e. The predicted molar refractivity (Wildman–Crippen MR) is 134 cm³/mol. The Morgan fingerprint density at radius 3 is 1.83 bits per heavy atom. The standard InChI is InChI=1S/C26H25ClF5N3.ClH/c27-24-12-11-23(26(30,31)32)25(33-24)35-16-14-34(15-17-35)13-1-2-22(18-3-7-20(28)8-4-18)19-5-9-21(29)10-6-19;/h3-12,22H,1-2,13-17H2;1H. The van der Waals surface area contributed by atoms with Gasteiger partial charge in [-0.1, -0.05) is 35.9 Å². The summed E-state index contributed by atoms with van der Waals surface area (Å²) >= 11 is 5.87. The molecule has 0 aliphatic carbocycles. The highest BCUT2D eigenvalue weighted by Crippen LogP contribution is 2.36. The third-order valence-corrected chi connectivity index (χ3v) is 6.54. The molecule has 0 spiro atoms. The first-order valence-electron chi connectivity index (χ1n) is 11.4. The second-order valence-corrected chi connectivity index (χ2v) is 9.02. The summed E-state index contributed by atoms with van der Waals surface area (Å²) in [6.45, 7) is 2.79. The van der Waals surface area contributed by atoms with E-state index in [2.05, 4.69) is 9.88 Å². The lowest BCUT2D eigenvalue weighted by atomic mass is 9.87. The van der Waals surface area contributed by atoms with Crippen LogP contribution in [0.5, 0.6) is 0 Å². The average molecular weight is 546 g/mol. The summed E-state index contributed by atoms with van der Waals surface area (Å²) in [5.74, 6) is -0.764. The number of anilines is 1. The first kappa shape index (κ1) is 28.2. The molecule has 0 radical (unpaired) electrons. The van der Waals surface area contributed by atoms with Crippen molar-refractivity contribution in [1.29, 1.82) is 0 Å². The van der Waals surface area contributed by atoms with Crippen LogP contribution in [-0.2, 0) is 6.18 Å². The zero-order chi connectivity index (χ0) is 25.0. The molecule has 1 saturated heterocycles. The van der Waals surface area contributed by atoms with E-state index >= 15 is 0 Å². The molecule has 2 aromatic carbocycles. The molecule has 1 aliphatic heterocycles. The van der Waals surface area contributed by atoms with Gasteiger partial charge in [-0.15, -0.1) is 12.4 Å². The first-order valence-corrected chi connectivity index (χ1v) is 11.8. The topological polar surface area (TPSA) is 19.4 Å². The Kier molecular flexibility index (Phi) is 9.55. The normalized spacial score (nSPS) is 14.7. The quantitative estimate of drug-likeness (QED) is 0.231. The summed E-state index contributed by atoms with van der Waals surface area (Å²) in [7, 11) is 0.